The largest absolute Gasteiger partial charge is 0.337 e. The molecule has 1 N–H and O–H groups in total. The molecule has 0 aliphatic carbocycles. The predicted octanol–water partition coefficient (Wildman–Crippen LogP) is 1.24. The maximum absolute atomic E-state index is 12.6. The molecule has 1 fully saturated rings. The van der Waals surface area contributed by atoms with E-state index < -0.39 is 26.4 Å². The molecule has 8 nitrogen and oxygen atoms in total. The number of carbonyl (C=O) groups is 1. The van der Waals surface area contributed by atoms with Gasteiger partial charge in [0.25, 0.3) is 11.6 Å². The molecule has 1 saturated heterocycles. The van der Waals surface area contributed by atoms with Gasteiger partial charge >= 0.3 is 0 Å². The third kappa shape index (κ3) is 4.65. The molecule has 0 spiro atoms. The molecule has 0 radical (unpaired) electrons. The Kier molecular flexibility index (Phi) is 6.70. The standard InChI is InChI=1S/C14H19N3O5S.ClH/c1-15-11-4-3-5-16(9-11)14(18)10-6-12(17(19)20)8-13(7-10)23(2,21)22;/h6-8,11,15H,3-5,9H2,1-2H3;1H. The van der Waals surface area contributed by atoms with E-state index in [1.54, 1.807) is 4.90 Å². The Morgan fingerprint density at radius 3 is 2.58 bits per heavy atom. The van der Waals surface area contributed by atoms with Crippen molar-refractivity contribution >= 4 is 33.8 Å². The number of halogens is 1. The van der Waals surface area contributed by atoms with Crippen LogP contribution in [0, 0.1) is 10.1 Å². The van der Waals surface area contributed by atoms with E-state index in [1.807, 2.05) is 7.05 Å². The minimum Gasteiger partial charge on any atom is -0.337 e. The Labute approximate surface area is 146 Å². The molecule has 1 heterocycles. The Bertz CT molecular complexity index is 738. The van der Waals surface area contributed by atoms with Gasteiger partial charge in [-0.2, -0.15) is 0 Å². The highest BCUT2D eigenvalue weighted by Crippen LogP contribution is 2.23. The highest BCUT2D eigenvalue weighted by molar-refractivity contribution is 7.90. The van der Waals surface area contributed by atoms with Crippen molar-refractivity contribution in [3.05, 3.63) is 33.9 Å². The highest BCUT2D eigenvalue weighted by atomic mass is 35.5. The molecule has 0 saturated carbocycles. The van der Waals surface area contributed by atoms with Crippen LogP contribution in [0.5, 0.6) is 0 Å². The number of nitrogens with zero attached hydrogens (tertiary/aromatic N) is 2. The van der Waals surface area contributed by atoms with Gasteiger partial charge in [-0.25, -0.2) is 8.42 Å². The van der Waals surface area contributed by atoms with Crippen molar-refractivity contribution in [1.82, 2.24) is 10.2 Å². The van der Waals surface area contributed by atoms with Gasteiger partial charge in [0.05, 0.1) is 9.82 Å². The topological polar surface area (TPSA) is 110 Å². The van der Waals surface area contributed by atoms with Gasteiger partial charge in [-0.1, -0.05) is 0 Å². The van der Waals surface area contributed by atoms with Crippen LogP contribution in [0.2, 0.25) is 0 Å². The first-order valence-corrected chi connectivity index (χ1v) is 9.07. The normalized spacial score (nSPS) is 17.9. The number of benzene rings is 1. The average molecular weight is 378 g/mol. The van der Waals surface area contributed by atoms with Gasteiger partial charge in [-0.15, -0.1) is 12.4 Å². The second-order valence-corrected chi connectivity index (χ2v) is 7.64. The number of rotatable bonds is 4. The van der Waals surface area contributed by atoms with Crippen LogP contribution in [0.25, 0.3) is 0 Å². The maximum Gasteiger partial charge on any atom is 0.271 e. The van der Waals surface area contributed by atoms with Crippen LogP contribution in [0.1, 0.15) is 23.2 Å². The molecule has 10 heteroatoms. The second kappa shape index (κ2) is 7.91. The van der Waals surface area contributed by atoms with Gasteiger partial charge in [-0.05, 0) is 26.0 Å². The Morgan fingerprint density at radius 2 is 2.04 bits per heavy atom. The smallest absolute Gasteiger partial charge is 0.271 e. The van der Waals surface area contributed by atoms with Gasteiger partial charge in [0.2, 0.25) is 0 Å². The third-order valence-electron chi connectivity index (χ3n) is 3.89. The zero-order valence-electron chi connectivity index (χ0n) is 13.4. The van der Waals surface area contributed by atoms with Gasteiger partial charge in [0, 0.05) is 43.1 Å². The summed E-state index contributed by atoms with van der Waals surface area (Å²) in [4.78, 5) is 24.3. The third-order valence-corrected chi connectivity index (χ3v) is 4.99. The number of carbonyl (C=O) groups excluding carboxylic acids is 1. The van der Waals surface area contributed by atoms with Gasteiger partial charge in [-0.3, -0.25) is 14.9 Å². The molecule has 1 aromatic rings. The second-order valence-electron chi connectivity index (χ2n) is 5.62. The zero-order valence-corrected chi connectivity index (χ0v) is 15.0. The van der Waals surface area contributed by atoms with Gasteiger partial charge in [0.1, 0.15) is 0 Å². The summed E-state index contributed by atoms with van der Waals surface area (Å²) in [5.74, 6) is -0.390. The number of non-ortho nitro benzene ring substituents is 1. The quantitative estimate of drug-likeness (QED) is 0.624. The van der Waals surface area contributed by atoms with Crippen molar-refractivity contribution in [2.45, 2.75) is 23.8 Å². The van der Waals surface area contributed by atoms with Crippen LogP contribution in [0.4, 0.5) is 5.69 Å². The number of piperidine rings is 1. The molecule has 1 aliphatic rings. The van der Waals surface area contributed by atoms with E-state index in [2.05, 4.69) is 5.32 Å². The van der Waals surface area contributed by atoms with Gasteiger partial charge < -0.3 is 10.2 Å². The van der Waals surface area contributed by atoms with Crippen molar-refractivity contribution < 1.29 is 18.1 Å². The Hall–Kier alpha value is -1.71. The Morgan fingerprint density at radius 1 is 1.38 bits per heavy atom. The van der Waals surface area contributed by atoms with Crippen LogP contribution >= 0.6 is 12.4 Å². The summed E-state index contributed by atoms with van der Waals surface area (Å²) in [5, 5.41) is 14.1. The summed E-state index contributed by atoms with van der Waals surface area (Å²) in [7, 11) is -1.84. The Balaban J connectivity index is 0.00000288. The minimum atomic E-state index is -3.65. The first kappa shape index (κ1) is 20.3. The number of nitro benzene ring substituents is 1. The lowest BCUT2D eigenvalue weighted by Crippen LogP contribution is -2.47. The highest BCUT2D eigenvalue weighted by Gasteiger charge is 2.26. The van der Waals surface area contributed by atoms with E-state index in [1.165, 1.54) is 6.07 Å². The van der Waals surface area contributed by atoms with E-state index in [4.69, 9.17) is 0 Å². The number of hydrogen-bond acceptors (Lipinski definition) is 6. The van der Waals surface area contributed by atoms with E-state index in [0.717, 1.165) is 31.2 Å². The lowest BCUT2D eigenvalue weighted by atomic mass is 10.0. The first-order valence-electron chi connectivity index (χ1n) is 7.18. The lowest BCUT2D eigenvalue weighted by molar-refractivity contribution is -0.385. The lowest BCUT2D eigenvalue weighted by Gasteiger charge is -2.32. The van der Waals surface area contributed by atoms with Crippen molar-refractivity contribution in [2.75, 3.05) is 26.4 Å². The molecule has 1 amide bonds. The molecular weight excluding hydrogens is 358 g/mol. The van der Waals surface area contributed by atoms with E-state index in [-0.39, 0.29) is 28.9 Å². The summed E-state index contributed by atoms with van der Waals surface area (Å²) in [6.07, 6.45) is 2.73. The SMILES string of the molecule is CNC1CCCN(C(=O)c2cc([N+](=O)[O-])cc(S(C)(=O)=O)c2)C1.Cl. The van der Waals surface area contributed by atoms with Crippen LogP contribution in [0.3, 0.4) is 0 Å². The molecule has 24 heavy (non-hydrogen) atoms. The number of likely N-dealkylation sites (tertiary alicyclic amines) is 1. The summed E-state index contributed by atoms with van der Waals surface area (Å²) in [6, 6.07) is 3.47. The zero-order chi connectivity index (χ0) is 17.2. The van der Waals surface area contributed by atoms with Crippen LogP contribution in [-0.2, 0) is 9.84 Å². The number of hydrogen-bond donors (Lipinski definition) is 1. The van der Waals surface area contributed by atoms with Crippen molar-refractivity contribution in [1.29, 1.82) is 0 Å². The summed E-state index contributed by atoms with van der Waals surface area (Å²) in [6.45, 7) is 1.04. The summed E-state index contributed by atoms with van der Waals surface area (Å²) < 4.78 is 23.4. The number of nitro groups is 1. The predicted molar refractivity (Wildman–Crippen MR) is 91.4 cm³/mol. The molecule has 1 unspecified atom stereocenters. The van der Waals surface area contributed by atoms with Crippen LogP contribution < -0.4 is 5.32 Å². The number of sulfone groups is 1. The van der Waals surface area contributed by atoms with E-state index in [0.29, 0.717) is 13.1 Å². The fourth-order valence-electron chi connectivity index (χ4n) is 2.61. The molecule has 134 valence electrons. The average Bonchev–Trinajstić information content (AvgIpc) is 2.52. The maximum atomic E-state index is 12.6. The minimum absolute atomic E-state index is 0. The summed E-state index contributed by atoms with van der Waals surface area (Å²) >= 11 is 0. The number of nitrogens with one attached hydrogen (secondary N) is 1. The molecule has 0 aromatic heterocycles. The fourth-order valence-corrected chi connectivity index (χ4v) is 3.28. The van der Waals surface area contributed by atoms with Gasteiger partial charge in [0.15, 0.2) is 9.84 Å². The first-order chi connectivity index (χ1) is 10.7. The van der Waals surface area contributed by atoms with Crippen LogP contribution in [-0.4, -0.2) is 56.6 Å². The van der Waals surface area contributed by atoms with Crippen molar-refractivity contribution in [2.24, 2.45) is 0 Å². The molecular formula is C14H20ClN3O5S. The molecule has 2 rings (SSSR count). The summed E-state index contributed by atoms with van der Waals surface area (Å²) in [5.41, 5.74) is -0.380. The van der Waals surface area contributed by atoms with Crippen molar-refractivity contribution in [3.63, 3.8) is 0 Å². The molecule has 1 atom stereocenters. The van der Waals surface area contributed by atoms with Crippen molar-refractivity contribution in [3.8, 4) is 0 Å². The molecule has 1 aliphatic heterocycles. The number of amides is 1. The monoisotopic (exact) mass is 377 g/mol. The van der Waals surface area contributed by atoms with E-state index >= 15 is 0 Å². The van der Waals surface area contributed by atoms with E-state index in [9.17, 15) is 23.3 Å². The fraction of sp³-hybridized carbons (Fsp3) is 0.500. The van der Waals surface area contributed by atoms with Crippen LogP contribution in [0.15, 0.2) is 23.1 Å². The molecule has 0 bridgehead atoms. The molecule has 1 aromatic carbocycles. The number of likely N-dealkylation sites (N-methyl/N-ethyl adjacent to an activating group) is 1.